The normalized spacial score (nSPS) is 10.4. The van der Waals surface area contributed by atoms with Crippen molar-refractivity contribution in [3.63, 3.8) is 0 Å². The number of pyridine rings is 1. The van der Waals surface area contributed by atoms with Gasteiger partial charge >= 0.3 is 0 Å². The fourth-order valence-electron chi connectivity index (χ4n) is 1.59. The van der Waals surface area contributed by atoms with Gasteiger partial charge in [0.05, 0.1) is 5.75 Å². The summed E-state index contributed by atoms with van der Waals surface area (Å²) in [6, 6.07) is 5.39. The molecule has 0 aromatic carbocycles. The van der Waals surface area contributed by atoms with Gasteiger partial charge in [-0.15, -0.1) is 10.2 Å². The lowest BCUT2D eigenvalue weighted by molar-refractivity contribution is -0.118. The van der Waals surface area contributed by atoms with E-state index in [1.54, 1.807) is 18.3 Å². The van der Waals surface area contributed by atoms with Gasteiger partial charge in [-0.05, 0) is 19.1 Å². The number of thioether (sulfide) groups is 1. The molecule has 0 saturated heterocycles. The standard InChI is InChI=1S/C12H17N7OS/c1-9-15-18-12(19(9)7-5-13)21-8-11(20)17-16-10-4-2-3-6-14-10/h2-4,6H,5,7-8,13H2,1H3,(H,14,16)(H,17,20). The van der Waals surface area contributed by atoms with Crippen LogP contribution in [0.2, 0.25) is 0 Å². The number of hydrogen-bond donors (Lipinski definition) is 3. The van der Waals surface area contributed by atoms with Crippen LogP contribution in [0.5, 0.6) is 0 Å². The number of nitrogens with two attached hydrogens (primary N) is 1. The van der Waals surface area contributed by atoms with E-state index in [2.05, 4.69) is 26.0 Å². The number of hydrogen-bond acceptors (Lipinski definition) is 7. The maximum atomic E-state index is 11.8. The molecular weight excluding hydrogens is 290 g/mol. The molecule has 8 nitrogen and oxygen atoms in total. The van der Waals surface area contributed by atoms with Gasteiger partial charge in [0, 0.05) is 19.3 Å². The van der Waals surface area contributed by atoms with Crippen LogP contribution in [0.1, 0.15) is 5.82 Å². The summed E-state index contributed by atoms with van der Waals surface area (Å²) in [4.78, 5) is 15.8. The van der Waals surface area contributed by atoms with Crippen molar-refractivity contribution in [3.8, 4) is 0 Å². The van der Waals surface area contributed by atoms with E-state index < -0.39 is 0 Å². The number of aromatic nitrogens is 4. The molecule has 21 heavy (non-hydrogen) atoms. The predicted octanol–water partition coefficient (Wildman–Crippen LogP) is 0.176. The SMILES string of the molecule is Cc1nnc(SCC(=O)NNc2ccccn2)n1CCN. The highest BCUT2D eigenvalue weighted by Crippen LogP contribution is 2.16. The van der Waals surface area contributed by atoms with E-state index in [9.17, 15) is 4.79 Å². The molecule has 0 aliphatic carbocycles. The van der Waals surface area contributed by atoms with Crippen molar-refractivity contribution in [3.05, 3.63) is 30.2 Å². The number of aryl methyl sites for hydroxylation is 1. The van der Waals surface area contributed by atoms with Crippen molar-refractivity contribution in [2.45, 2.75) is 18.6 Å². The van der Waals surface area contributed by atoms with Crippen LogP contribution < -0.4 is 16.6 Å². The zero-order valence-corrected chi connectivity index (χ0v) is 12.4. The first-order valence-corrected chi connectivity index (χ1v) is 7.38. The van der Waals surface area contributed by atoms with Gasteiger partial charge in [-0.25, -0.2) is 4.98 Å². The van der Waals surface area contributed by atoms with Crippen LogP contribution >= 0.6 is 11.8 Å². The van der Waals surface area contributed by atoms with E-state index in [0.29, 0.717) is 24.1 Å². The molecule has 2 aromatic rings. The van der Waals surface area contributed by atoms with Gasteiger partial charge in [0.25, 0.3) is 0 Å². The highest BCUT2D eigenvalue weighted by molar-refractivity contribution is 7.99. The zero-order chi connectivity index (χ0) is 15.1. The Morgan fingerprint density at radius 1 is 1.43 bits per heavy atom. The highest BCUT2D eigenvalue weighted by atomic mass is 32.2. The molecule has 0 bridgehead atoms. The molecule has 0 fully saturated rings. The van der Waals surface area contributed by atoms with Crippen molar-refractivity contribution >= 4 is 23.5 Å². The molecule has 9 heteroatoms. The molecule has 0 saturated carbocycles. The van der Waals surface area contributed by atoms with Gasteiger partial charge in [-0.1, -0.05) is 17.8 Å². The Kier molecular flexibility index (Phi) is 5.52. The van der Waals surface area contributed by atoms with Crippen LogP contribution in [0.4, 0.5) is 5.82 Å². The second-order valence-corrected chi connectivity index (χ2v) is 5.09. The maximum Gasteiger partial charge on any atom is 0.248 e. The number of amides is 1. The molecular formula is C12H17N7OS. The topological polar surface area (TPSA) is 111 Å². The number of nitrogens with zero attached hydrogens (tertiary/aromatic N) is 4. The number of anilines is 1. The number of hydrazine groups is 1. The quantitative estimate of drug-likeness (QED) is 0.494. The summed E-state index contributed by atoms with van der Waals surface area (Å²) in [6.07, 6.45) is 1.64. The van der Waals surface area contributed by atoms with Crippen LogP contribution in [-0.2, 0) is 11.3 Å². The van der Waals surface area contributed by atoms with Crippen molar-refractivity contribution in [1.82, 2.24) is 25.2 Å². The summed E-state index contributed by atoms with van der Waals surface area (Å²) < 4.78 is 1.89. The Morgan fingerprint density at radius 2 is 2.29 bits per heavy atom. The van der Waals surface area contributed by atoms with Crippen molar-refractivity contribution in [2.75, 3.05) is 17.7 Å². The fourth-order valence-corrected chi connectivity index (χ4v) is 2.40. The number of carbonyl (C=O) groups excluding carboxylic acids is 1. The van der Waals surface area contributed by atoms with E-state index in [1.165, 1.54) is 11.8 Å². The minimum atomic E-state index is -0.175. The van der Waals surface area contributed by atoms with Gasteiger partial charge in [0.1, 0.15) is 11.6 Å². The van der Waals surface area contributed by atoms with E-state index in [1.807, 2.05) is 17.6 Å². The molecule has 0 spiro atoms. The second-order valence-electron chi connectivity index (χ2n) is 4.15. The second kappa shape index (κ2) is 7.60. The summed E-state index contributed by atoms with van der Waals surface area (Å²) in [5.41, 5.74) is 10.9. The summed E-state index contributed by atoms with van der Waals surface area (Å²) in [5, 5.41) is 8.70. The smallest absolute Gasteiger partial charge is 0.248 e. The molecule has 4 N–H and O–H groups in total. The van der Waals surface area contributed by atoms with Gasteiger partial charge in [0.2, 0.25) is 5.91 Å². The summed E-state index contributed by atoms with van der Waals surface area (Å²) in [7, 11) is 0. The zero-order valence-electron chi connectivity index (χ0n) is 11.6. The highest BCUT2D eigenvalue weighted by Gasteiger charge is 2.11. The molecule has 1 amide bonds. The largest absolute Gasteiger partial charge is 0.329 e. The Morgan fingerprint density at radius 3 is 3.00 bits per heavy atom. The first-order valence-electron chi connectivity index (χ1n) is 6.39. The molecule has 0 unspecified atom stereocenters. The third-order valence-corrected chi connectivity index (χ3v) is 3.55. The fraction of sp³-hybridized carbons (Fsp3) is 0.333. The minimum Gasteiger partial charge on any atom is -0.329 e. The van der Waals surface area contributed by atoms with Gasteiger partial charge in [-0.2, -0.15) is 0 Å². The Bertz CT molecular complexity index is 587. The first-order chi connectivity index (χ1) is 10.2. The van der Waals surface area contributed by atoms with Gasteiger partial charge in [0.15, 0.2) is 5.16 Å². The van der Waals surface area contributed by atoms with E-state index in [0.717, 1.165) is 5.82 Å². The Balaban J connectivity index is 1.81. The molecule has 0 radical (unpaired) electrons. The molecule has 112 valence electrons. The van der Waals surface area contributed by atoms with Crippen LogP contribution in [-0.4, -0.2) is 38.0 Å². The average Bonchev–Trinajstić information content (AvgIpc) is 2.85. The van der Waals surface area contributed by atoms with Crippen LogP contribution in [0.25, 0.3) is 0 Å². The van der Waals surface area contributed by atoms with Crippen molar-refractivity contribution < 1.29 is 4.79 Å². The maximum absolute atomic E-state index is 11.8. The van der Waals surface area contributed by atoms with E-state index in [-0.39, 0.29) is 11.7 Å². The van der Waals surface area contributed by atoms with Crippen molar-refractivity contribution in [1.29, 1.82) is 0 Å². The third kappa shape index (κ3) is 4.43. The summed E-state index contributed by atoms with van der Waals surface area (Å²) in [5.74, 6) is 1.42. The first kappa shape index (κ1) is 15.3. The Labute approximate surface area is 126 Å². The lowest BCUT2D eigenvalue weighted by Crippen LogP contribution is -2.31. The molecule has 2 rings (SSSR count). The summed E-state index contributed by atoms with van der Waals surface area (Å²) in [6.45, 7) is 2.99. The predicted molar refractivity (Wildman–Crippen MR) is 80.5 cm³/mol. The van der Waals surface area contributed by atoms with Crippen LogP contribution in [0, 0.1) is 6.92 Å². The molecule has 0 atom stereocenters. The number of carbonyl (C=O) groups is 1. The van der Waals surface area contributed by atoms with Gasteiger partial charge < -0.3 is 10.3 Å². The molecule has 0 aliphatic heterocycles. The number of nitrogens with one attached hydrogen (secondary N) is 2. The van der Waals surface area contributed by atoms with E-state index in [4.69, 9.17) is 5.73 Å². The number of rotatable bonds is 7. The van der Waals surface area contributed by atoms with Gasteiger partial charge in [-0.3, -0.25) is 15.6 Å². The summed E-state index contributed by atoms with van der Waals surface area (Å²) >= 11 is 1.31. The molecule has 0 aliphatic rings. The average molecular weight is 307 g/mol. The monoisotopic (exact) mass is 307 g/mol. The lowest BCUT2D eigenvalue weighted by atomic mass is 10.5. The lowest BCUT2D eigenvalue weighted by Gasteiger charge is -2.08. The van der Waals surface area contributed by atoms with Crippen molar-refractivity contribution in [2.24, 2.45) is 5.73 Å². The molecule has 2 aromatic heterocycles. The van der Waals surface area contributed by atoms with Crippen LogP contribution in [0.3, 0.4) is 0 Å². The minimum absolute atomic E-state index is 0.175. The molecule has 2 heterocycles. The van der Waals surface area contributed by atoms with E-state index >= 15 is 0 Å². The van der Waals surface area contributed by atoms with Crippen LogP contribution in [0.15, 0.2) is 29.6 Å². The third-order valence-electron chi connectivity index (χ3n) is 2.58. The Hall–Kier alpha value is -2.13.